The predicted molar refractivity (Wildman–Crippen MR) is 63.0 cm³/mol. The van der Waals surface area contributed by atoms with E-state index in [2.05, 4.69) is 19.3 Å². The molecule has 0 saturated carbocycles. The predicted octanol–water partition coefficient (Wildman–Crippen LogP) is 1.57. The van der Waals surface area contributed by atoms with Gasteiger partial charge in [-0.15, -0.1) is 0 Å². The molecule has 88 valence electrons. The molecule has 0 aliphatic heterocycles. The Morgan fingerprint density at radius 2 is 2.06 bits per heavy atom. The highest BCUT2D eigenvalue weighted by Gasteiger charge is 2.13. The highest BCUT2D eigenvalue weighted by Crippen LogP contribution is 2.20. The van der Waals surface area contributed by atoms with E-state index in [1.165, 1.54) is 5.56 Å². The van der Waals surface area contributed by atoms with Gasteiger partial charge in [-0.05, 0) is 30.5 Å². The Balaban J connectivity index is 2.74. The molecule has 0 saturated heterocycles. The summed E-state index contributed by atoms with van der Waals surface area (Å²) < 4.78 is 5.47. The van der Waals surface area contributed by atoms with Crippen molar-refractivity contribution in [2.45, 2.75) is 32.8 Å². The van der Waals surface area contributed by atoms with Crippen LogP contribution >= 0.6 is 0 Å². The first-order chi connectivity index (χ1) is 7.54. The molecule has 0 aliphatic rings. The van der Waals surface area contributed by atoms with E-state index < -0.39 is 6.10 Å². The molecule has 4 heteroatoms. The second kappa shape index (κ2) is 5.51. The molecule has 0 aliphatic carbocycles. The van der Waals surface area contributed by atoms with E-state index in [0.29, 0.717) is 11.7 Å². The number of benzene rings is 1. The lowest BCUT2D eigenvalue weighted by Gasteiger charge is -2.14. The zero-order valence-electron chi connectivity index (χ0n) is 9.86. The third-order valence-electron chi connectivity index (χ3n) is 2.35. The smallest absolute Gasteiger partial charge is 0.274 e. The molecule has 0 heterocycles. The number of hydrazine groups is 1. The zero-order valence-corrected chi connectivity index (χ0v) is 9.86. The lowest BCUT2D eigenvalue weighted by Crippen LogP contribution is -2.40. The average molecular weight is 222 g/mol. The summed E-state index contributed by atoms with van der Waals surface area (Å²) in [6.45, 7) is 5.87. The molecular formula is C12H18N2O2. The van der Waals surface area contributed by atoms with Gasteiger partial charge in [0.05, 0.1) is 0 Å². The quantitative estimate of drug-likeness (QED) is 0.461. The van der Waals surface area contributed by atoms with Crippen molar-refractivity contribution in [2.24, 2.45) is 5.84 Å². The van der Waals surface area contributed by atoms with Gasteiger partial charge in [0, 0.05) is 0 Å². The first-order valence-corrected chi connectivity index (χ1v) is 5.31. The molecule has 0 spiro atoms. The van der Waals surface area contributed by atoms with Gasteiger partial charge >= 0.3 is 0 Å². The largest absolute Gasteiger partial charge is 0.481 e. The maximum absolute atomic E-state index is 11.2. The Morgan fingerprint density at radius 3 is 2.62 bits per heavy atom. The second-order valence-electron chi connectivity index (χ2n) is 4.00. The van der Waals surface area contributed by atoms with Gasteiger partial charge in [-0.1, -0.05) is 26.0 Å². The maximum atomic E-state index is 11.2. The molecule has 1 atom stereocenters. The van der Waals surface area contributed by atoms with E-state index in [0.717, 1.165) is 0 Å². The lowest BCUT2D eigenvalue weighted by molar-refractivity contribution is -0.127. The van der Waals surface area contributed by atoms with Crippen molar-refractivity contribution in [3.63, 3.8) is 0 Å². The Kier molecular flexibility index (Phi) is 4.31. The molecule has 4 nitrogen and oxygen atoms in total. The first-order valence-electron chi connectivity index (χ1n) is 5.31. The lowest BCUT2D eigenvalue weighted by atomic mass is 10.0. The van der Waals surface area contributed by atoms with Crippen LogP contribution in [0.4, 0.5) is 0 Å². The van der Waals surface area contributed by atoms with Crippen molar-refractivity contribution >= 4 is 5.91 Å². The summed E-state index contributed by atoms with van der Waals surface area (Å²) >= 11 is 0. The number of rotatable bonds is 4. The molecule has 0 bridgehead atoms. The van der Waals surface area contributed by atoms with Crippen LogP contribution in [-0.4, -0.2) is 12.0 Å². The van der Waals surface area contributed by atoms with Crippen LogP contribution in [0.3, 0.4) is 0 Å². The standard InChI is InChI=1S/C12H18N2O2/c1-8(2)10-5-4-6-11(7-10)16-9(3)12(15)14-13/h4-9H,13H2,1-3H3,(H,14,15). The van der Waals surface area contributed by atoms with Crippen molar-refractivity contribution in [3.8, 4) is 5.75 Å². The van der Waals surface area contributed by atoms with Gasteiger partial charge < -0.3 is 4.74 Å². The maximum Gasteiger partial charge on any atom is 0.274 e. The van der Waals surface area contributed by atoms with Crippen molar-refractivity contribution in [3.05, 3.63) is 29.8 Å². The Morgan fingerprint density at radius 1 is 1.38 bits per heavy atom. The summed E-state index contributed by atoms with van der Waals surface area (Å²) in [4.78, 5) is 11.2. The van der Waals surface area contributed by atoms with E-state index in [9.17, 15) is 4.79 Å². The molecule has 0 radical (unpaired) electrons. The summed E-state index contributed by atoms with van der Waals surface area (Å²) in [5.41, 5.74) is 3.24. The molecule has 1 aromatic carbocycles. The SMILES string of the molecule is CC(Oc1cccc(C(C)C)c1)C(=O)NN. The van der Waals surface area contributed by atoms with Crippen LogP contribution in [0.1, 0.15) is 32.3 Å². The summed E-state index contributed by atoms with van der Waals surface area (Å²) in [7, 11) is 0. The van der Waals surface area contributed by atoms with E-state index in [4.69, 9.17) is 10.6 Å². The Hall–Kier alpha value is -1.55. The zero-order chi connectivity index (χ0) is 12.1. The summed E-state index contributed by atoms with van der Waals surface area (Å²) in [5.74, 6) is 5.80. The van der Waals surface area contributed by atoms with Crippen LogP contribution in [0, 0.1) is 0 Å². The second-order valence-corrected chi connectivity index (χ2v) is 4.00. The molecule has 3 N–H and O–H groups in total. The highest BCUT2D eigenvalue weighted by molar-refractivity contribution is 5.80. The van der Waals surface area contributed by atoms with Crippen molar-refractivity contribution < 1.29 is 9.53 Å². The number of hydrogen-bond donors (Lipinski definition) is 2. The number of carbonyl (C=O) groups excluding carboxylic acids is 1. The number of hydrogen-bond acceptors (Lipinski definition) is 3. The van der Waals surface area contributed by atoms with Crippen molar-refractivity contribution in [1.82, 2.24) is 5.43 Å². The molecular weight excluding hydrogens is 204 g/mol. The molecule has 1 unspecified atom stereocenters. The third-order valence-corrected chi connectivity index (χ3v) is 2.35. The number of nitrogens with two attached hydrogens (primary N) is 1. The summed E-state index contributed by atoms with van der Waals surface area (Å²) in [5, 5.41) is 0. The van der Waals surface area contributed by atoms with Gasteiger partial charge in [0.15, 0.2) is 6.10 Å². The van der Waals surface area contributed by atoms with Gasteiger partial charge in [-0.25, -0.2) is 5.84 Å². The minimum Gasteiger partial charge on any atom is -0.481 e. The fraction of sp³-hybridized carbons (Fsp3) is 0.417. The van der Waals surface area contributed by atoms with Crippen LogP contribution in [0.2, 0.25) is 0 Å². The number of carbonyl (C=O) groups is 1. The fourth-order valence-corrected chi connectivity index (χ4v) is 1.32. The van der Waals surface area contributed by atoms with E-state index in [-0.39, 0.29) is 5.91 Å². The first kappa shape index (κ1) is 12.5. The minimum absolute atomic E-state index is 0.338. The number of amides is 1. The van der Waals surface area contributed by atoms with Crippen LogP contribution in [0.25, 0.3) is 0 Å². The molecule has 16 heavy (non-hydrogen) atoms. The van der Waals surface area contributed by atoms with Crippen molar-refractivity contribution in [2.75, 3.05) is 0 Å². The third kappa shape index (κ3) is 3.24. The van der Waals surface area contributed by atoms with Gasteiger partial charge in [0.25, 0.3) is 5.91 Å². The molecule has 1 aromatic rings. The van der Waals surface area contributed by atoms with Crippen LogP contribution < -0.4 is 16.0 Å². The van der Waals surface area contributed by atoms with Crippen molar-refractivity contribution in [1.29, 1.82) is 0 Å². The molecule has 1 amide bonds. The van der Waals surface area contributed by atoms with Gasteiger partial charge in [-0.3, -0.25) is 10.2 Å². The Labute approximate surface area is 95.8 Å². The topological polar surface area (TPSA) is 64.3 Å². The number of ether oxygens (including phenoxy) is 1. The molecule has 0 aromatic heterocycles. The van der Waals surface area contributed by atoms with Crippen LogP contribution in [0.5, 0.6) is 5.75 Å². The molecule has 0 fully saturated rings. The Bertz CT molecular complexity index is 364. The monoisotopic (exact) mass is 222 g/mol. The van der Waals surface area contributed by atoms with E-state index in [1.54, 1.807) is 6.92 Å². The van der Waals surface area contributed by atoms with E-state index >= 15 is 0 Å². The number of nitrogens with one attached hydrogen (secondary N) is 1. The summed E-state index contributed by atoms with van der Waals surface area (Å²) in [6.07, 6.45) is -0.590. The average Bonchev–Trinajstić information content (AvgIpc) is 2.28. The molecule has 1 rings (SSSR count). The summed E-state index contributed by atoms with van der Waals surface area (Å²) in [6, 6.07) is 7.71. The van der Waals surface area contributed by atoms with Gasteiger partial charge in [0.2, 0.25) is 0 Å². The fourth-order valence-electron chi connectivity index (χ4n) is 1.32. The van der Waals surface area contributed by atoms with Crippen LogP contribution in [-0.2, 0) is 4.79 Å². The van der Waals surface area contributed by atoms with Gasteiger partial charge in [0.1, 0.15) is 5.75 Å². The van der Waals surface area contributed by atoms with Crippen LogP contribution in [0.15, 0.2) is 24.3 Å². The minimum atomic E-state index is -0.590. The van der Waals surface area contributed by atoms with E-state index in [1.807, 2.05) is 24.3 Å². The highest BCUT2D eigenvalue weighted by atomic mass is 16.5. The van der Waals surface area contributed by atoms with Gasteiger partial charge in [-0.2, -0.15) is 0 Å². The normalized spacial score (nSPS) is 12.3.